The highest BCUT2D eigenvalue weighted by atomic mass is 16.6. The zero-order valence-corrected chi connectivity index (χ0v) is 17.6. The minimum Gasteiger partial charge on any atom is -0.504 e. The molecular weight excluding hydrogens is 420 g/mol. The second-order valence-electron chi connectivity index (χ2n) is 6.40. The standard InChI is InChI=1S/C23H24O9/c1-29-20-11-15(3-7-18(20)25)5-9-22(27)31-14-17(13-24)32-23(28)10-6-16-4-8-19(26)21(12-16)30-2/h3-12,17,24-26H,13-14H2,1-2H3/b9-5+,10-6+/t17-/m0/s1. The number of aromatic hydroxyl groups is 2. The lowest BCUT2D eigenvalue weighted by Gasteiger charge is -2.14. The molecule has 0 saturated heterocycles. The summed E-state index contributed by atoms with van der Waals surface area (Å²) in [7, 11) is 2.81. The summed E-state index contributed by atoms with van der Waals surface area (Å²) in [5.41, 5.74) is 1.18. The molecule has 0 amide bonds. The SMILES string of the molecule is COc1cc(/C=C/C(=O)OC[C@H](CO)OC(=O)/C=C/c2ccc(O)c(OC)c2)ccc1O. The number of methoxy groups -OCH3 is 2. The molecule has 0 fully saturated rings. The van der Waals surface area contributed by atoms with Crippen molar-refractivity contribution in [3.05, 3.63) is 59.7 Å². The van der Waals surface area contributed by atoms with E-state index in [0.29, 0.717) is 11.1 Å². The van der Waals surface area contributed by atoms with Crippen molar-refractivity contribution in [1.82, 2.24) is 0 Å². The first-order valence-electron chi connectivity index (χ1n) is 9.44. The molecule has 9 nitrogen and oxygen atoms in total. The van der Waals surface area contributed by atoms with Crippen molar-refractivity contribution in [1.29, 1.82) is 0 Å². The van der Waals surface area contributed by atoms with Crippen molar-refractivity contribution in [2.45, 2.75) is 6.10 Å². The lowest BCUT2D eigenvalue weighted by atomic mass is 10.2. The zero-order chi connectivity index (χ0) is 23.5. The molecule has 0 aromatic heterocycles. The molecule has 2 rings (SSSR count). The van der Waals surface area contributed by atoms with Gasteiger partial charge in [-0.2, -0.15) is 0 Å². The number of carbonyl (C=O) groups is 2. The van der Waals surface area contributed by atoms with Gasteiger partial charge >= 0.3 is 11.9 Å². The van der Waals surface area contributed by atoms with E-state index in [4.69, 9.17) is 18.9 Å². The molecule has 170 valence electrons. The van der Waals surface area contributed by atoms with Gasteiger partial charge in [-0.1, -0.05) is 12.1 Å². The Morgan fingerprint density at radius 1 is 0.875 bits per heavy atom. The predicted octanol–water partition coefficient (Wildman–Crippen LogP) is 2.29. The number of phenols is 2. The van der Waals surface area contributed by atoms with E-state index in [2.05, 4.69) is 0 Å². The van der Waals surface area contributed by atoms with Crippen molar-refractivity contribution in [3.63, 3.8) is 0 Å². The van der Waals surface area contributed by atoms with E-state index in [1.165, 1.54) is 50.6 Å². The Morgan fingerprint density at radius 3 is 1.84 bits per heavy atom. The van der Waals surface area contributed by atoms with Crippen molar-refractivity contribution >= 4 is 24.1 Å². The number of carbonyl (C=O) groups excluding carboxylic acids is 2. The zero-order valence-electron chi connectivity index (χ0n) is 17.6. The Labute approximate surface area is 184 Å². The van der Waals surface area contributed by atoms with Crippen molar-refractivity contribution < 1.29 is 43.9 Å². The largest absolute Gasteiger partial charge is 0.504 e. The molecule has 0 heterocycles. The molecule has 0 radical (unpaired) electrons. The molecule has 32 heavy (non-hydrogen) atoms. The van der Waals surface area contributed by atoms with Crippen molar-refractivity contribution in [2.24, 2.45) is 0 Å². The fourth-order valence-electron chi connectivity index (χ4n) is 2.48. The number of aliphatic hydroxyl groups is 1. The Morgan fingerprint density at radius 2 is 1.38 bits per heavy atom. The topological polar surface area (TPSA) is 132 Å². The fraction of sp³-hybridized carbons (Fsp3) is 0.217. The van der Waals surface area contributed by atoms with E-state index in [1.54, 1.807) is 12.1 Å². The van der Waals surface area contributed by atoms with E-state index in [1.807, 2.05) is 0 Å². The molecule has 2 aromatic carbocycles. The smallest absolute Gasteiger partial charge is 0.331 e. The van der Waals surface area contributed by atoms with Crippen LogP contribution in [-0.2, 0) is 19.1 Å². The molecular formula is C23H24O9. The fourth-order valence-corrected chi connectivity index (χ4v) is 2.48. The number of phenolic OH excluding ortho intramolecular Hbond substituents is 2. The predicted molar refractivity (Wildman–Crippen MR) is 115 cm³/mol. The third kappa shape index (κ3) is 7.37. The quantitative estimate of drug-likeness (QED) is 0.373. The molecule has 0 aliphatic carbocycles. The Bertz CT molecular complexity index is 995. The second kappa shape index (κ2) is 12.0. The monoisotopic (exact) mass is 444 g/mol. The van der Waals surface area contributed by atoms with Gasteiger partial charge in [0.15, 0.2) is 29.1 Å². The van der Waals surface area contributed by atoms with Crippen LogP contribution in [0, 0.1) is 0 Å². The van der Waals surface area contributed by atoms with Gasteiger partial charge in [-0.05, 0) is 47.5 Å². The van der Waals surface area contributed by atoms with Crippen LogP contribution in [-0.4, -0.2) is 60.8 Å². The number of benzene rings is 2. The number of ether oxygens (including phenoxy) is 4. The van der Waals surface area contributed by atoms with Crippen LogP contribution in [0.4, 0.5) is 0 Å². The van der Waals surface area contributed by atoms with E-state index in [-0.39, 0.29) is 29.6 Å². The van der Waals surface area contributed by atoms with Gasteiger partial charge in [-0.3, -0.25) is 0 Å². The summed E-state index contributed by atoms with van der Waals surface area (Å²) in [6.07, 6.45) is 4.14. The number of aliphatic hydroxyl groups excluding tert-OH is 1. The van der Waals surface area contributed by atoms with Gasteiger partial charge in [0.2, 0.25) is 0 Å². The molecule has 9 heteroatoms. The van der Waals surface area contributed by atoms with Gasteiger partial charge in [-0.25, -0.2) is 9.59 Å². The molecule has 0 unspecified atom stereocenters. The number of rotatable bonds is 10. The number of hydrogen-bond donors (Lipinski definition) is 3. The van der Waals surface area contributed by atoms with Crippen LogP contribution < -0.4 is 9.47 Å². The third-order valence-electron chi connectivity index (χ3n) is 4.13. The first-order chi connectivity index (χ1) is 15.4. The van der Waals surface area contributed by atoms with E-state index in [9.17, 15) is 24.9 Å². The summed E-state index contributed by atoms with van der Waals surface area (Å²) in [4.78, 5) is 23.8. The van der Waals surface area contributed by atoms with Crippen LogP contribution in [0.2, 0.25) is 0 Å². The summed E-state index contributed by atoms with van der Waals surface area (Å²) < 4.78 is 20.0. The molecule has 3 N–H and O–H groups in total. The second-order valence-corrected chi connectivity index (χ2v) is 6.40. The molecule has 0 spiro atoms. The van der Waals surface area contributed by atoms with Gasteiger partial charge in [0.05, 0.1) is 20.8 Å². The molecule has 1 atom stereocenters. The van der Waals surface area contributed by atoms with E-state index < -0.39 is 24.6 Å². The van der Waals surface area contributed by atoms with E-state index >= 15 is 0 Å². The molecule has 0 aliphatic heterocycles. The Kier molecular flexibility index (Phi) is 9.12. The first kappa shape index (κ1) is 24.3. The Hall–Kier alpha value is -3.98. The summed E-state index contributed by atoms with van der Waals surface area (Å²) in [5, 5.41) is 28.5. The lowest BCUT2D eigenvalue weighted by molar-refractivity contribution is -0.154. The minimum absolute atomic E-state index is 0.0292. The molecule has 0 saturated carbocycles. The van der Waals surface area contributed by atoms with Gasteiger partial charge in [0.25, 0.3) is 0 Å². The van der Waals surface area contributed by atoms with Gasteiger partial charge in [0.1, 0.15) is 6.61 Å². The lowest BCUT2D eigenvalue weighted by Crippen LogP contribution is -2.27. The highest BCUT2D eigenvalue weighted by Crippen LogP contribution is 2.27. The highest BCUT2D eigenvalue weighted by Gasteiger charge is 2.14. The van der Waals surface area contributed by atoms with Crippen LogP contribution in [0.1, 0.15) is 11.1 Å². The molecule has 0 bridgehead atoms. The summed E-state index contributed by atoms with van der Waals surface area (Å²) in [5.74, 6) is -1.02. The maximum absolute atomic E-state index is 12.0. The third-order valence-corrected chi connectivity index (χ3v) is 4.13. The Balaban J connectivity index is 1.86. The number of hydrogen-bond acceptors (Lipinski definition) is 9. The van der Waals surface area contributed by atoms with Crippen LogP contribution in [0.15, 0.2) is 48.6 Å². The summed E-state index contributed by atoms with van der Waals surface area (Å²) in [6.45, 7) is -0.885. The van der Waals surface area contributed by atoms with Crippen molar-refractivity contribution in [2.75, 3.05) is 27.4 Å². The normalized spacial score (nSPS) is 12.0. The maximum atomic E-state index is 12.0. The average molecular weight is 444 g/mol. The van der Waals surface area contributed by atoms with Crippen LogP contribution in [0.3, 0.4) is 0 Å². The highest BCUT2D eigenvalue weighted by molar-refractivity contribution is 5.88. The van der Waals surface area contributed by atoms with Crippen LogP contribution in [0.25, 0.3) is 12.2 Å². The van der Waals surface area contributed by atoms with Gasteiger partial charge < -0.3 is 34.3 Å². The van der Waals surface area contributed by atoms with E-state index in [0.717, 1.165) is 12.2 Å². The summed E-state index contributed by atoms with van der Waals surface area (Å²) in [6, 6.07) is 9.06. The minimum atomic E-state index is -1.05. The van der Waals surface area contributed by atoms with Gasteiger partial charge in [0, 0.05) is 12.2 Å². The number of esters is 2. The van der Waals surface area contributed by atoms with Gasteiger partial charge in [-0.15, -0.1) is 0 Å². The summed E-state index contributed by atoms with van der Waals surface area (Å²) >= 11 is 0. The van der Waals surface area contributed by atoms with Crippen LogP contribution >= 0.6 is 0 Å². The molecule has 2 aromatic rings. The van der Waals surface area contributed by atoms with Crippen molar-refractivity contribution in [3.8, 4) is 23.0 Å². The van der Waals surface area contributed by atoms with Crippen LogP contribution in [0.5, 0.6) is 23.0 Å². The molecule has 0 aliphatic rings. The average Bonchev–Trinajstić information content (AvgIpc) is 2.80. The maximum Gasteiger partial charge on any atom is 0.331 e. The first-order valence-corrected chi connectivity index (χ1v) is 9.44.